The number of rotatable bonds is 32. The van der Waals surface area contributed by atoms with Gasteiger partial charge in [0.25, 0.3) is 0 Å². The Balaban J connectivity index is 1.70. The number of phenols is 1. The van der Waals surface area contributed by atoms with Crippen molar-refractivity contribution in [2.45, 2.75) is 148 Å². The van der Waals surface area contributed by atoms with Gasteiger partial charge in [-0.1, -0.05) is 62.4 Å². The van der Waals surface area contributed by atoms with Gasteiger partial charge in [-0.05, 0) is 113 Å². The third kappa shape index (κ3) is 18.6. The number of Topliss-reactive ketones (excluding diaryl/α,β-unsaturated/α-hetero) is 2. The topological polar surface area (TPSA) is 323 Å². The predicted octanol–water partition coefficient (Wildman–Crippen LogP) is 2.88. The zero-order valence-electron chi connectivity index (χ0n) is 41.5. The molecule has 19 nitrogen and oxygen atoms in total. The molecule has 3 rings (SSSR count). The molecular weight excluding hydrogens is 899 g/mol. The summed E-state index contributed by atoms with van der Waals surface area (Å²) < 4.78 is 10.3. The number of ketones is 2. The fourth-order valence-electron chi connectivity index (χ4n) is 8.36. The van der Waals surface area contributed by atoms with E-state index in [1.165, 1.54) is 14.2 Å². The Kier molecular flexibility index (Phi) is 24.6. The molecule has 0 heterocycles. The first-order valence-electron chi connectivity index (χ1n) is 24.1. The predicted molar refractivity (Wildman–Crippen MR) is 266 cm³/mol. The Labute approximate surface area is 411 Å². The van der Waals surface area contributed by atoms with Gasteiger partial charge in [0.05, 0.1) is 14.2 Å². The van der Waals surface area contributed by atoms with Gasteiger partial charge in [0.15, 0.2) is 5.96 Å². The average Bonchev–Trinajstić information content (AvgIpc) is 3.31. The lowest BCUT2D eigenvalue weighted by atomic mass is 9.89. The minimum atomic E-state index is -1.26. The highest BCUT2D eigenvalue weighted by Gasteiger charge is 2.35. The van der Waals surface area contributed by atoms with Crippen molar-refractivity contribution in [3.63, 3.8) is 0 Å². The van der Waals surface area contributed by atoms with Gasteiger partial charge in [-0.3, -0.25) is 38.6 Å². The highest BCUT2D eigenvalue weighted by molar-refractivity contribution is 6.23. The molecule has 0 radical (unpaired) electrons. The second-order valence-electron chi connectivity index (χ2n) is 17.7. The number of nitrogens with two attached hydrogens (primary N) is 4. The van der Waals surface area contributed by atoms with E-state index in [0.717, 1.165) is 37.7 Å². The van der Waals surface area contributed by atoms with Gasteiger partial charge in [0.2, 0.25) is 52.6 Å². The van der Waals surface area contributed by atoms with Crippen LogP contribution in [0.15, 0.2) is 70.1 Å². The zero-order chi connectivity index (χ0) is 51.8. The number of phenolic OH excluding ortho intramolecular Hbond substituents is 1. The maximum atomic E-state index is 14.4. The number of allylic oxidation sites excluding steroid dienone is 2. The van der Waals surface area contributed by atoms with Crippen LogP contribution in [0.5, 0.6) is 5.75 Å². The molecule has 0 fully saturated rings. The van der Waals surface area contributed by atoms with Crippen molar-refractivity contribution >= 4 is 47.1 Å². The van der Waals surface area contributed by atoms with Gasteiger partial charge in [-0.2, -0.15) is 0 Å². The summed E-state index contributed by atoms with van der Waals surface area (Å²) in [4.78, 5) is 98.1. The van der Waals surface area contributed by atoms with Crippen LogP contribution in [0.4, 0.5) is 0 Å². The number of hydrogen-bond donors (Lipinski definition) is 9. The number of nitrogens with zero attached hydrogens (tertiary/aromatic N) is 1. The van der Waals surface area contributed by atoms with E-state index in [9.17, 15) is 38.7 Å². The molecule has 2 aromatic rings. The first-order chi connectivity index (χ1) is 33.4. The fourth-order valence-corrected chi connectivity index (χ4v) is 8.36. The molecule has 1 aliphatic carbocycles. The van der Waals surface area contributed by atoms with Crippen molar-refractivity contribution in [2.75, 3.05) is 27.3 Å². The number of aliphatic imine (C=N–C) groups is 1. The fraction of sp³-hybridized carbons (Fsp3) is 0.529. The van der Waals surface area contributed by atoms with E-state index in [-0.39, 0.29) is 79.3 Å². The van der Waals surface area contributed by atoms with Gasteiger partial charge in [0.1, 0.15) is 29.9 Å². The maximum absolute atomic E-state index is 14.4. The number of hydrogen-bond acceptors (Lipinski definition) is 12. The van der Waals surface area contributed by atoms with E-state index in [0.29, 0.717) is 72.9 Å². The highest BCUT2D eigenvalue weighted by Crippen LogP contribution is 2.29. The highest BCUT2D eigenvalue weighted by atomic mass is 16.5. The molecule has 384 valence electrons. The number of unbranched alkanes of at least 4 members (excludes halogenated alkanes) is 7. The minimum absolute atomic E-state index is 0.0292. The molecule has 1 unspecified atom stereocenters. The first kappa shape index (κ1) is 57.6. The number of primary amides is 1. The van der Waals surface area contributed by atoms with Gasteiger partial charge in [0, 0.05) is 37.0 Å². The zero-order valence-corrected chi connectivity index (χ0v) is 41.5. The molecule has 1 aliphatic rings. The van der Waals surface area contributed by atoms with Crippen molar-refractivity contribution in [1.29, 1.82) is 0 Å². The number of aryl methyl sites for hydroxylation is 2. The molecule has 5 amide bonds. The standard InChI is InChI=1S/C51H75N9O10/c1-31-27-35(61)28-32(2)37(31)30-41(50(68)58-39(22-16-17-25-52)49(67)59-40(47(53)65)29-34-19-12-11-13-20-34)60-48(66)38(23-18-26-56-51(54)55)57-42(62)24-15-10-8-6-7-9-14-21-36-33(3)43(63)45(69-4)46(70-5)44(36)64/h11-13,19-20,27-28,38-41,61H,6-10,14-18,21-26,29-30,52H2,1-5H3,(H2,53,65)(H,57,62)(H,58,68)(H,59,67)(H,60,66)(H4,54,55,56)/t38-,39?,40+,41+/m1/s1. The quantitative estimate of drug-likeness (QED) is 0.0221. The smallest absolute Gasteiger partial charge is 0.243 e. The largest absolute Gasteiger partial charge is 0.508 e. The molecule has 0 saturated carbocycles. The number of carbonyl (C=O) groups is 7. The number of nitrogens with one attached hydrogen (secondary N) is 4. The Bertz CT molecular complexity index is 2200. The van der Waals surface area contributed by atoms with Crippen molar-refractivity contribution < 1.29 is 48.1 Å². The molecule has 0 aromatic heterocycles. The maximum Gasteiger partial charge on any atom is 0.243 e. The monoisotopic (exact) mass is 974 g/mol. The normalized spacial score (nSPS) is 14.3. The lowest BCUT2D eigenvalue weighted by Gasteiger charge is -2.27. The molecule has 0 bridgehead atoms. The van der Waals surface area contributed by atoms with Crippen molar-refractivity contribution in [1.82, 2.24) is 21.3 Å². The minimum Gasteiger partial charge on any atom is -0.508 e. The summed E-state index contributed by atoms with van der Waals surface area (Å²) in [6, 6.07) is 7.56. The van der Waals surface area contributed by atoms with E-state index in [1.54, 1.807) is 57.2 Å². The number of aromatic hydroxyl groups is 1. The molecule has 13 N–H and O–H groups in total. The van der Waals surface area contributed by atoms with E-state index in [4.69, 9.17) is 32.4 Å². The molecule has 2 aromatic carbocycles. The van der Waals surface area contributed by atoms with Crippen LogP contribution in [0.3, 0.4) is 0 Å². The molecular formula is C51H75N9O10. The van der Waals surface area contributed by atoms with Crippen molar-refractivity contribution in [3.8, 4) is 5.75 Å². The van der Waals surface area contributed by atoms with Crippen LogP contribution in [0.25, 0.3) is 0 Å². The number of benzene rings is 2. The van der Waals surface area contributed by atoms with Gasteiger partial charge >= 0.3 is 0 Å². The molecule has 19 heteroatoms. The molecule has 70 heavy (non-hydrogen) atoms. The molecule has 0 saturated heterocycles. The lowest BCUT2D eigenvalue weighted by molar-refractivity contribution is -0.134. The van der Waals surface area contributed by atoms with Gasteiger partial charge in [-0.15, -0.1) is 0 Å². The number of methoxy groups -OCH3 is 2. The van der Waals surface area contributed by atoms with Crippen LogP contribution in [0.1, 0.15) is 119 Å². The summed E-state index contributed by atoms with van der Waals surface area (Å²) in [6.07, 6.45) is 7.85. The molecule has 0 spiro atoms. The van der Waals surface area contributed by atoms with Crippen LogP contribution in [-0.2, 0) is 55.9 Å². The number of amides is 5. The SMILES string of the molecule is COC1=C(OC)C(=O)C(CCCCCCCCCC(=O)N[C@H](CCCN=C(N)N)C(=O)N[C@@H](Cc2c(C)cc(O)cc2C)C(=O)NC(CCCCN)C(=O)N[C@@H](Cc2ccccc2)C(N)=O)=C(C)C1=O. The first-order valence-corrected chi connectivity index (χ1v) is 24.1. The summed E-state index contributed by atoms with van der Waals surface area (Å²) in [7, 11) is 2.67. The third-order valence-electron chi connectivity index (χ3n) is 12.3. The van der Waals surface area contributed by atoms with E-state index < -0.39 is 47.8 Å². The van der Waals surface area contributed by atoms with Gasteiger partial charge in [-0.25, -0.2) is 0 Å². The number of ether oxygens (including phenoxy) is 2. The lowest BCUT2D eigenvalue weighted by Crippen LogP contribution is -2.58. The van der Waals surface area contributed by atoms with Crippen molar-refractivity contribution in [3.05, 3.63) is 87.4 Å². The van der Waals surface area contributed by atoms with E-state index in [2.05, 4.69) is 26.3 Å². The summed E-state index contributed by atoms with van der Waals surface area (Å²) in [5.41, 5.74) is 26.1. The average molecular weight is 974 g/mol. The van der Waals surface area contributed by atoms with Crippen LogP contribution in [0.2, 0.25) is 0 Å². The third-order valence-corrected chi connectivity index (χ3v) is 12.3. The molecule has 0 aliphatic heterocycles. The van der Waals surface area contributed by atoms with E-state index in [1.807, 2.05) is 6.07 Å². The van der Waals surface area contributed by atoms with Crippen LogP contribution in [0, 0.1) is 13.8 Å². The Morgan fingerprint density at radius 1 is 0.643 bits per heavy atom. The molecule has 4 atom stereocenters. The summed E-state index contributed by atoms with van der Waals surface area (Å²) in [6.45, 7) is 5.68. The summed E-state index contributed by atoms with van der Waals surface area (Å²) >= 11 is 0. The number of carbonyl (C=O) groups excluding carboxylic acids is 7. The van der Waals surface area contributed by atoms with E-state index >= 15 is 0 Å². The summed E-state index contributed by atoms with van der Waals surface area (Å²) in [5.74, 6) is -4.03. The van der Waals surface area contributed by atoms with Crippen LogP contribution in [-0.4, -0.2) is 104 Å². The second-order valence-corrected chi connectivity index (χ2v) is 17.7. The Morgan fingerprint density at radius 3 is 1.76 bits per heavy atom. The second kappa shape index (κ2) is 30.0. The van der Waals surface area contributed by atoms with Crippen LogP contribution >= 0.6 is 0 Å². The van der Waals surface area contributed by atoms with Crippen molar-refractivity contribution in [2.24, 2.45) is 27.9 Å². The number of guanidine groups is 1. The van der Waals surface area contributed by atoms with Gasteiger partial charge < -0.3 is 58.8 Å². The summed E-state index contributed by atoms with van der Waals surface area (Å²) in [5, 5.41) is 21.5. The van der Waals surface area contributed by atoms with Crippen LogP contribution < -0.4 is 44.2 Å². The Morgan fingerprint density at radius 2 is 1.17 bits per heavy atom. The Hall–Kier alpha value is -6.76.